The molecule has 0 aliphatic carbocycles. The number of hydrogen-bond acceptors (Lipinski definition) is 5. The molecule has 2 aromatic rings. The fourth-order valence-electron chi connectivity index (χ4n) is 3.17. The van der Waals surface area contributed by atoms with Crippen LogP contribution in [-0.4, -0.2) is 63.3 Å². The predicted molar refractivity (Wildman–Crippen MR) is 105 cm³/mol. The number of pyridine rings is 2. The minimum absolute atomic E-state index is 0.0376. The summed E-state index contributed by atoms with van der Waals surface area (Å²) in [5, 5.41) is 7.12. The quantitative estimate of drug-likeness (QED) is 0.531. The second-order valence-electron chi connectivity index (χ2n) is 6.74. The molecular formula is C21H21F4N3O4. The molecule has 0 spiro atoms. The van der Waals surface area contributed by atoms with Gasteiger partial charge >= 0.3 is 12.1 Å². The molecule has 1 N–H and O–H groups in total. The molecule has 2 aromatic heterocycles. The van der Waals surface area contributed by atoms with Crippen molar-refractivity contribution < 1.29 is 37.0 Å². The summed E-state index contributed by atoms with van der Waals surface area (Å²) in [7, 11) is 0. The molecule has 1 aliphatic rings. The number of amides is 1. The molecule has 7 nitrogen and oxygen atoms in total. The lowest BCUT2D eigenvalue weighted by Crippen LogP contribution is -2.42. The maximum absolute atomic E-state index is 14.0. The van der Waals surface area contributed by atoms with Crippen molar-refractivity contribution >= 4 is 11.9 Å². The third-order valence-electron chi connectivity index (χ3n) is 4.59. The number of aromatic nitrogens is 2. The van der Waals surface area contributed by atoms with Crippen LogP contribution in [0.25, 0.3) is 0 Å². The molecule has 1 aliphatic heterocycles. The zero-order chi connectivity index (χ0) is 23.7. The summed E-state index contributed by atoms with van der Waals surface area (Å²) in [5.41, 5.74) is 1.05. The van der Waals surface area contributed by atoms with Crippen molar-refractivity contribution in [3.05, 3.63) is 72.6 Å². The van der Waals surface area contributed by atoms with Gasteiger partial charge in [0, 0.05) is 25.1 Å². The second-order valence-corrected chi connectivity index (χ2v) is 6.74. The third kappa shape index (κ3) is 6.84. The SMILES string of the molecule is C=CCO[C@H]1CCN(C(=O)c2ccncc2F)[C@H]1Cc1cccnc1.O=C(O)C(F)(F)F. The Morgan fingerprint density at radius 3 is 2.50 bits per heavy atom. The van der Waals surface area contributed by atoms with Crippen LogP contribution in [0.4, 0.5) is 17.6 Å². The Bertz CT molecular complexity index is 925. The van der Waals surface area contributed by atoms with E-state index in [0.29, 0.717) is 26.0 Å². The van der Waals surface area contributed by atoms with Crippen molar-refractivity contribution in [2.75, 3.05) is 13.2 Å². The Morgan fingerprint density at radius 1 is 1.25 bits per heavy atom. The van der Waals surface area contributed by atoms with Gasteiger partial charge in [-0.2, -0.15) is 13.2 Å². The summed E-state index contributed by atoms with van der Waals surface area (Å²) < 4.78 is 51.6. The smallest absolute Gasteiger partial charge is 0.475 e. The van der Waals surface area contributed by atoms with Gasteiger partial charge in [-0.05, 0) is 30.5 Å². The molecule has 11 heteroatoms. The maximum atomic E-state index is 14.0. The summed E-state index contributed by atoms with van der Waals surface area (Å²) in [6.45, 7) is 4.61. The first-order valence-electron chi connectivity index (χ1n) is 9.47. The molecule has 2 atom stereocenters. The number of carboxylic acids is 1. The molecule has 0 radical (unpaired) electrons. The van der Waals surface area contributed by atoms with Crippen LogP contribution >= 0.6 is 0 Å². The molecule has 32 heavy (non-hydrogen) atoms. The summed E-state index contributed by atoms with van der Waals surface area (Å²) in [4.78, 5) is 31.3. The van der Waals surface area contributed by atoms with Crippen LogP contribution in [0.15, 0.2) is 55.6 Å². The first-order valence-corrected chi connectivity index (χ1v) is 9.47. The van der Waals surface area contributed by atoms with Crippen LogP contribution in [0, 0.1) is 5.82 Å². The van der Waals surface area contributed by atoms with Crippen LogP contribution in [0.3, 0.4) is 0 Å². The van der Waals surface area contributed by atoms with Crippen molar-refractivity contribution in [3.8, 4) is 0 Å². The highest BCUT2D eigenvalue weighted by atomic mass is 19.4. The fourth-order valence-corrected chi connectivity index (χ4v) is 3.17. The number of carboxylic acid groups (broad SMARTS) is 1. The number of carbonyl (C=O) groups is 2. The molecule has 3 rings (SSSR count). The highest BCUT2D eigenvalue weighted by molar-refractivity contribution is 5.94. The van der Waals surface area contributed by atoms with Crippen molar-refractivity contribution in [2.24, 2.45) is 0 Å². The van der Waals surface area contributed by atoms with Crippen molar-refractivity contribution in [1.82, 2.24) is 14.9 Å². The largest absolute Gasteiger partial charge is 0.490 e. The van der Waals surface area contributed by atoms with E-state index in [4.69, 9.17) is 14.6 Å². The Balaban J connectivity index is 0.000000451. The second kappa shape index (κ2) is 11.3. The van der Waals surface area contributed by atoms with Crippen LogP contribution in [0.1, 0.15) is 22.3 Å². The van der Waals surface area contributed by atoms with Gasteiger partial charge in [-0.15, -0.1) is 6.58 Å². The zero-order valence-electron chi connectivity index (χ0n) is 16.8. The molecular weight excluding hydrogens is 434 g/mol. The molecule has 1 amide bonds. The van der Waals surface area contributed by atoms with Gasteiger partial charge in [0.2, 0.25) is 0 Å². The molecule has 0 bridgehead atoms. The number of halogens is 4. The van der Waals surface area contributed by atoms with E-state index in [1.165, 1.54) is 12.3 Å². The topological polar surface area (TPSA) is 92.6 Å². The Kier molecular flexibility index (Phi) is 8.82. The normalized spacial score (nSPS) is 17.9. The van der Waals surface area contributed by atoms with E-state index in [1.807, 2.05) is 12.1 Å². The minimum Gasteiger partial charge on any atom is -0.475 e. The van der Waals surface area contributed by atoms with Crippen molar-refractivity contribution in [3.63, 3.8) is 0 Å². The lowest BCUT2D eigenvalue weighted by Gasteiger charge is -2.28. The number of ether oxygens (including phenoxy) is 1. The van der Waals surface area contributed by atoms with E-state index in [9.17, 15) is 22.4 Å². The Morgan fingerprint density at radius 2 is 1.94 bits per heavy atom. The monoisotopic (exact) mass is 455 g/mol. The van der Waals surface area contributed by atoms with E-state index in [1.54, 1.807) is 23.4 Å². The van der Waals surface area contributed by atoms with Crippen LogP contribution < -0.4 is 0 Å². The van der Waals surface area contributed by atoms with E-state index < -0.39 is 18.0 Å². The molecule has 172 valence electrons. The standard InChI is InChI=1S/C19H20FN3O2.C2HF3O2/c1-2-10-25-18-6-9-23(17(18)11-14-4-3-7-21-12-14)19(24)15-5-8-22-13-16(15)20;3-2(4,5)1(6)7/h2-5,7-8,12-13,17-18H,1,6,9-11H2;(H,6,7)/t17-,18-;/m0./s1. The number of alkyl halides is 3. The molecule has 0 saturated carbocycles. The number of aliphatic carboxylic acids is 1. The fraction of sp³-hybridized carbons (Fsp3) is 0.333. The van der Waals surface area contributed by atoms with Gasteiger partial charge in [-0.3, -0.25) is 14.8 Å². The number of hydrogen-bond donors (Lipinski definition) is 1. The summed E-state index contributed by atoms with van der Waals surface area (Å²) >= 11 is 0. The van der Waals surface area contributed by atoms with Crippen LogP contribution in [0.5, 0.6) is 0 Å². The maximum Gasteiger partial charge on any atom is 0.490 e. The van der Waals surface area contributed by atoms with Crippen LogP contribution in [-0.2, 0) is 16.0 Å². The van der Waals surface area contributed by atoms with Crippen molar-refractivity contribution in [1.29, 1.82) is 0 Å². The number of rotatable bonds is 6. The predicted octanol–water partition coefficient (Wildman–Crippen LogP) is 3.28. The van der Waals surface area contributed by atoms with Gasteiger partial charge in [0.1, 0.15) is 0 Å². The average Bonchev–Trinajstić information content (AvgIpc) is 3.15. The van der Waals surface area contributed by atoms with Crippen molar-refractivity contribution in [2.45, 2.75) is 31.2 Å². The first kappa shape index (κ1) is 24.9. The van der Waals surface area contributed by atoms with E-state index in [2.05, 4.69) is 16.5 Å². The van der Waals surface area contributed by atoms with Gasteiger partial charge < -0.3 is 14.7 Å². The highest BCUT2D eigenvalue weighted by Gasteiger charge is 2.39. The first-order chi connectivity index (χ1) is 15.1. The lowest BCUT2D eigenvalue weighted by atomic mass is 10.0. The van der Waals surface area contributed by atoms with E-state index >= 15 is 0 Å². The summed E-state index contributed by atoms with van der Waals surface area (Å²) in [6, 6.07) is 5.06. The summed E-state index contributed by atoms with van der Waals surface area (Å²) in [6.07, 6.45) is 3.77. The Hall–Kier alpha value is -3.34. The lowest BCUT2D eigenvalue weighted by molar-refractivity contribution is -0.192. The third-order valence-corrected chi connectivity index (χ3v) is 4.59. The molecule has 3 heterocycles. The van der Waals surface area contributed by atoms with E-state index in [-0.39, 0.29) is 23.6 Å². The number of likely N-dealkylation sites (tertiary alicyclic amines) is 1. The van der Waals surface area contributed by atoms with Crippen LogP contribution in [0.2, 0.25) is 0 Å². The molecule has 0 unspecified atom stereocenters. The minimum atomic E-state index is -5.08. The Labute approximate surface area is 181 Å². The van der Waals surface area contributed by atoms with Gasteiger partial charge in [-0.25, -0.2) is 9.18 Å². The van der Waals surface area contributed by atoms with Gasteiger partial charge in [0.15, 0.2) is 5.82 Å². The zero-order valence-corrected chi connectivity index (χ0v) is 16.8. The molecule has 1 saturated heterocycles. The van der Waals surface area contributed by atoms with Gasteiger partial charge in [-0.1, -0.05) is 12.1 Å². The number of carbonyl (C=O) groups excluding carboxylic acids is 1. The summed E-state index contributed by atoms with van der Waals surface area (Å²) in [5.74, 6) is -3.70. The van der Waals surface area contributed by atoms with Gasteiger partial charge in [0.05, 0.1) is 30.5 Å². The molecule has 0 aromatic carbocycles. The molecule has 1 fully saturated rings. The average molecular weight is 455 g/mol. The number of nitrogens with zero attached hydrogens (tertiary/aromatic N) is 3. The van der Waals surface area contributed by atoms with Gasteiger partial charge in [0.25, 0.3) is 5.91 Å². The highest BCUT2D eigenvalue weighted by Crippen LogP contribution is 2.26. The van der Waals surface area contributed by atoms with E-state index in [0.717, 1.165) is 11.8 Å².